The Labute approximate surface area is 408 Å². The van der Waals surface area contributed by atoms with E-state index in [0.717, 1.165) is 29.3 Å². The molecule has 31 heteroatoms. The van der Waals surface area contributed by atoms with Crippen LogP contribution in [0.2, 0.25) is 0 Å². The molecule has 3 aliphatic heterocycles. The molecule has 0 bridgehead atoms. The Hall–Kier alpha value is -5.35. The molecule has 5 aromatic rings. The molecule has 0 radical (unpaired) electrons. The zero-order valence-corrected chi connectivity index (χ0v) is 42.1. The summed E-state index contributed by atoms with van der Waals surface area (Å²) in [5, 5.41) is 13.2. The van der Waals surface area contributed by atoms with Gasteiger partial charge in [-0.05, 0) is 74.4 Å². The third-order valence-electron chi connectivity index (χ3n) is 10.8. The lowest BCUT2D eigenvalue weighted by Gasteiger charge is -2.36. The minimum Gasteiger partial charge on any atom is -0.476 e. The number of aliphatic hydroxyl groups excluding tert-OH is 1. The summed E-state index contributed by atoms with van der Waals surface area (Å²) >= 11 is 0. The number of ether oxygens (including phenoxy) is 5. The molecule has 11 atom stereocenters. The number of hydrogen-bond donors (Lipinski definition) is 4. The molecule has 6 N–H and O–H groups in total. The predicted molar refractivity (Wildman–Crippen MR) is 244 cm³/mol. The molecule has 3 saturated heterocycles. The van der Waals surface area contributed by atoms with Gasteiger partial charge in [0, 0.05) is 0 Å². The summed E-state index contributed by atoms with van der Waals surface area (Å²) in [6.45, 7) is 11.6. The van der Waals surface area contributed by atoms with E-state index in [1.807, 2.05) is 0 Å². The maximum absolute atomic E-state index is 16.2. The first-order valence-corrected chi connectivity index (χ1v) is 25.3. The largest absolute Gasteiger partial charge is 0.476 e. The summed E-state index contributed by atoms with van der Waals surface area (Å²) in [6, 6.07) is 6.50. The van der Waals surface area contributed by atoms with Gasteiger partial charge in [-0.3, -0.25) is 32.0 Å². The van der Waals surface area contributed by atoms with Crippen LogP contribution >= 0.6 is 15.6 Å². The maximum Gasteiger partial charge on any atom is 0.475 e. The van der Waals surface area contributed by atoms with Gasteiger partial charge in [0.2, 0.25) is 23.7 Å². The topological polar surface area (TPSA) is 315 Å². The van der Waals surface area contributed by atoms with Gasteiger partial charge >= 0.3 is 21.5 Å². The van der Waals surface area contributed by atoms with E-state index in [4.69, 9.17) is 57.8 Å². The fourth-order valence-electron chi connectivity index (χ4n) is 7.68. The number of phosphoric acid groups is 1. The number of esters is 1. The lowest BCUT2D eigenvalue weighted by Crippen LogP contribution is -2.51. The van der Waals surface area contributed by atoms with Crippen LogP contribution in [-0.4, -0.2) is 130 Å². The van der Waals surface area contributed by atoms with E-state index < -0.39 is 101 Å². The molecule has 1 aromatic carbocycles. The van der Waals surface area contributed by atoms with Crippen LogP contribution in [0.4, 0.5) is 29.5 Å². The van der Waals surface area contributed by atoms with Crippen molar-refractivity contribution in [3.8, 4) is 17.5 Å². The lowest BCUT2D eigenvalue weighted by molar-refractivity contribution is -0.220. The van der Waals surface area contributed by atoms with Crippen LogP contribution in [0.25, 0.3) is 22.3 Å². The minimum atomic E-state index is -4.58. The van der Waals surface area contributed by atoms with Crippen LogP contribution in [0.3, 0.4) is 0 Å². The van der Waals surface area contributed by atoms with Crippen molar-refractivity contribution in [3.63, 3.8) is 0 Å². The van der Waals surface area contributed by atoms with Gasteiger partial charge in [0.15, 0.2) is 58.3 Å². The van der Waals surface area contributed by atoms with Crippen molar-refractivity contribution in [1.82, 2.24) is 44.1 Å². The van der Waals surface area contributed by atoms with Crippen LogP contribution in [0.1, 0.15) is 74.8 Å². The highest BCUT2D eigenvalue weighted by Crippen LogP contribution is 2.64. The number of anilines is 2. The molecular formula is C41H55F4N11O14P2. The fraction of sp³-hybridized carbons (Fsp3) is 0.585. The number of nitrogens with zero attached hydrogens (tertiary/aromatic N) is 8. The predicted octanol–water partition coefficient (Wildman–Crippen LogP) is 5.90. The second kappa shape index (κ2) is 20.5. The molecule has 396 valence electrons. The Morgan fingerprint density at radius 2 is 1.42 bits per heavy atom. The van der Waals surface area contributed by atoms with Gasteiger partial charge in [0.1, 0.15) is 25.0 Å². The van der Waals surface area contributed by atoms with Gasteiger partial charge in [0.25, 0.3) is 11.7 Å². The number of nitrogens with two attached hydrogens (primary N) is 2. The first kappa shape index (κ1) is 54.4. The summed E-state index contributed by atoms with van der Waals surface area (Å²) < 4.78 is 145. The number of benzene rings is 1. The second-order valence-electron chi connectivity index (χ2n) is 17.4. The van der Waals surface area contributed by atoms with Crippen molar-refractivity contribution in [3.05, 3.63) is 43.0 Å². The first-order chi connectivity index (χ1) is 33.7. The van der Waals surface area contributed by atoms with E-state index >= 15 is 17.6 Å². The highest BCUT2D eigenvalue weighted by Gasteiger charge is 2.71. The van der Waals surface area contributed by atoms with Crippen LogP contribution in [-0.2, 0) is 46.2 Å². The number of hydrogen-bond acceptors (Lipinski definition) is 22. The summed E-state index contributed by atoms with van der Waals surface area (Å²) in [4.78, 5) is 36.7. The first-order valence-electron chi connectivity index (χ1n) is 22.3. The number of alkyl halides is 4. The molecule has 3 aliphatic rings. The van der Waals surface area contributed by atoms with Gasteiger partial charge in [-0.25, -0.2) is 36.7 Å². The normalized spacial score (nSPS) is 30.4. The van der Waals surface area contributed by atoms with Crippen molar-refractivity contribution < 1.29 is 82.9 Å². The molecule has 8 rings (SSSR count). The van der Waals surface area contributed by atoms with Gasteiger partial charge in [0.05, 0.1) is 38.1 Å². The standard InChI is InChI=1S/C25H33F2N6O8P.C16H22F2N5O6P/c1-6-37-19-17-18(30-23(28)31-19)33(13-29-17)22-24(5,26)21(35)25(27,40-22)12-38-42(36,41-16-10-8-7-9-11-16)32-15(4)20(34)39-14(2)3;1-5-25-11-9-10(21-14(19)22-11)23(7-20-9)13-15(4,17)12-16(18,27-13)6-26-30(24,29-12)28-8(2)3/h7-11,13-15,21-22,35H,6,12H2,1-5H3,(H,32,36)(H2,28,30,31);7-8,12-13H,5-6H2,1-4H3,(H2,19,21,22)/t15?,21-,22+,24+,25+,42-;12-,13+,15+,16+,30?/m00/s1. The zero-order chi connectivity index (χ0) is 52.8. The Balaban J connectivity index is 0.000000223. The minimum absolute atomic E-state index is 0.0166. The van der Waals surface area contributed by atoms with Crippen molar-refractivity contribution in [1.29, 1.82) is 0 Å². The number of halogens is 4. The van der Waals surface area contributed by atoms with Gasteiger partial charge in [-0.2, -0.15) is 25.0 Å². The number of nitrogens with one attached hydrogen (secondary N) is 1. The molecule has 25 nitrogen and oxygen atoms in total. The van der Waals surface area contributed by atoms with E-state index in [1.165, 1.54) is 25.4 Å². The number of nitrogen functional groups attached to an aromatic ring is 2. The average Bonchev–Trinajstić information content (AvgIpc) is 4.00. The molecule has 3 fully saturated rings. The van der Waals surface area contributed by atoms with Crippen molar-refractivity contribution in [2.24, 2.45) is 0 Å². The maximum atomic E-state index is 16.2. The van der Waals surface area contributed by atoms with Crippen molar-refractivity contribution in [2.45, 2.75) is 128 Å². The van der Waals surface area contributed by atoms with Crippen LogP contribution in [0.15, 0.2) is 43.0 Å². The molecule has 0 spiro atoms. The summed E-state index contributed by atoms with van der Waals surface area (Å²) in [5.74, 6) is -6.97. The highest BCUT2D eigenvalue weighted by atomic mass is 31.2. The SMILES string of the molecule is CCOc1nc(N)nc2c1ncn2[C@@H]1O[C@](F)(CO[P@@](=O)(NC(C)C(=O)OC(C)C)Oc2ccccc2)[C@@H](O)[C@@]1(C)F.CCOc1nc(N)nc2c1ncn2[C@@H]1O[C@]2(F)COP(=O)(OC(C)C)O[C@H]2[C@@]1(C)F. The molecule has 72 heavy (non-hydrogen) atoms. The van der Waals surface area contributed by atoms with Gasteiger partial charge in [-0.15, -0.1) is 0 Å². The third-order valence-corrected chi connectivity index (χ3v) is 14.0. The number of imidazole rings is 2. The number of rotatable bonds is 17. The quantitative estimate of drug-likeness (QED) is 0.0478. The Morgan fingerprint density at radius 1 is 0.875 bits per heavy atom. The lowest BCUT2D eigenvalue weighted by atomic mass is 9.97. The number of aliphatic hydroxyl groups is 1. The Morgan fingerprint density at radius 3 is 1.93 bits per heavy atom. The summed E-state index contributed by atoms with van der Waals surface area (Å²) in [7, 11) is -8.76. The van der Waals surface area contributed by atoms with Gasteiger partial charge in [-0.1, -0.05) is 18.2 Å². The Bertz CT molecular complexity index is 2850. The van der Waals surface area contributed by atoms with E-state index in [1.54, 1.807) is 59.7 Å². The molecule has 0 saturated carbocycles. The molecule has 4 aromatic heterocycles. The van der Waals surface area contributed by atoms with E-state index in [-0.39, 0.29) is 64.9 Å². The number of phosphoric ester groups is 1. The number of carbonyl (C=O) groups excluding carboxylic acids is 1. The monoisotopic (exact) mass is 1060 g/mol. The molecule has 2 unspecified atom stereocenters. The summed E-state index contributed by atoms with van der Waals surface area (Å²) in [6.07, 6.45) is -6.49. The van der Waals surface area contributed by atoms with Crippen molar-refractivity contribution >= 4 is 55.8 Å². The molecule has 0 aliphatic carbocycles. The van der Waals surface area contributed by atoms with E-state index in [2.05, 4.69) is 35.0 Å². The van der Waals surface area contributed by atoms with Crippen LogP contribution in [0.5, 0.6) is 17.5 Å². The molecule has 0 amide bonds. The van der Waals surface area contributed by atoms with E-state index in [9.17, 15) is 19.0 Å². The number of para-hydroxylation sites is 1. The highest BCUT2D eigenvalue weighted by molar-refractivity contribution is 7.52. The van der Waals surface area contributed by atoms with Crippen LogP contribution < -0.4 is 30.6 Å². The summed E-state index contributed by atoms with van der Waals surface area (Å²) in [5.41, 5.74) is 6.52. The van der Waals surface area contributed by atoms with Crippen LogP contribution in [0, 0.1) is 0 Å². The average molecular weight is 1060 g/mol. The van der Waals surface area contributed by atoms with Crippen molar-refractivity contribution in [2.75, 3.05) is 37.9 Å². The smallest absolute Gasteiger partial charge is 0.475 e. The van der Waals surface area contributed by atoms with Gasteiger partial charge < -0.3 is 44.8 Å². The second-order valence-corrected chi connectivity index (χ2v) is 20.6. The molecular weight excluding hydrogens is 1010 g/mol. The zero-order valence-electron chi connectivity index (χ0n) is 40.3. The number of aromatic nitrogens is 8. The molecule has 7 heterocycles. The van der Waals surface area contributed by atoms with E-state index in [0.29, 0.717) is 0 Å². The Kier molecular flexibility index (Phi) is 15.5. The fourth-order valence-corrected chi connectivity index (χ4v) is 10.8. The number of fused-ring (bicyclic) bond motifs is 3. The third kappa shape index (κ3) is 11.0. The number of carbonyl (C=O) groups is 1.